The molecule has 2 aromatic carbocycles. The molecule has 0 aliphatic carbocycles. The second kappa shape index (κ2) is 7.36. The minimum Gasteiger partial charge on any atom is -0.497 e. The van der Waals surface area contributed by atoms with Crippen LogP contribution in [0.15, 0.2) is 65.4 Å². The Morgan fingerprint density at radius 1 is 1.00 bits per heavy atom. The van der Waals surface area contributed by atoms with Crippen LogP contribution >= 0.6 is 0 Å². The van der Waals surface area contributed by atoms with Crippen molar-refractivity contribution < 1.29 is 13.7 Å². The smallest absolute Gasteiger partial charge is 0.257 e. The van der Waals surface area contributed by atoms with Gasteiger partial charge >= 0.3 is 0 Å². The SMILES string of the molecule is COc1ccc(-c2nc(Cn3cc4nc(-c5ccccc5F)nc-4cn3)no2)cc1. The molecule has 2 aliphatic rings. The number of benzene rings is 2. The highest BCUT2D eigenvalue weighted by Crippen LogP contribution is 2.26. The lowest BCUT2D eigenvalue weighted by Crippen LogP contribution is -2.06. The Balaban J connectivity index is 1.39. The number of halogens is 1. The van der Waals surface area contributed by atoms with E-state index in [2.05, 4.69) is 25.2 Å². The zero-order valence-corrected chi connectivity index (χ0v) is 15.9. The van der Waals surface area contributed by atoms with Gasteiger partial charge in [-0.3, -0.25) is 4.68 Å². The zero-order chi connectivity index (χ0) is 20.5. The van der Waals surface area contributed by atoms with E-state index < -0.39 is 0 Å². The average Bonchev–Trinajstić information content (AvgIpc) is 3.41. The number of aromatic nitrogens is 6. The van der Waals surface area contributed by atoms with Crippen LogP contribution in [0.4, 0.5) is 4.39 Å². The van der Waals surface area contributed by atoms with E-state index in [-0.39, 0.29) is 12.4 Å². The number of nitrogens with zero attached hydrogens (tertiary/aromatic N) is 6. The van der Waals surface area contributed by atoms with Crippen molar-refractivity contribution >= 4 is 0 Å². The largest absolute Gasteiger partial charge is 0.497 e. The van der Waals surface area contributed by atoms with Crippen LogP contribution in [0.3, 0.4) is 0 Å². The molecule has 8 nitrogen and oxygen atoms in total. The molecule has 0 N–H and O–H groups in total. The lowest BCUT2D eigenvalue weighted by Gasteiger charge is -2.02. The van der Waals surface area contributed by atoms with E-state index >= 15 is 0 Å². The van der Waals surface area contributed by atoms with Gasteiger partial charge in [0, 0.05) is 5.56 Å². The Kier molecular flexibility index (Phi) is 4.40. The van der Waals surface area contributed by atoms with E-state index in [0.29, 0.717) is 34.5 Å². The van der Waals surface area contributed by atoms with Gasteiger partial charge in [0.2, 0.25) is 0 Å². The molecular formula is C21H15FN6O2. The van der Waals surface area contributed by atoms with Crippen LogP contribution in [0.1, 0.15) is 5.82 Å². The van der Waals surface area contributed by atoms with Crippen molar-refractivity contribution in [3.05, 3.63) is 72.6 Å². The minimum absolute atomic E-state index is 0.289. The molecule has 148 valence electrons. The molecule has 0 atom stereocenters. The maximum atomic E-state index is 14.0. The Morgan fingerprint density at radius 2 is 1.80 bits per heavy atom. The molecule has 9 heteroatoms. The second-order valence-corrected chi connectivity index (χ2v) is 6.51. The predicted octanol–water partition coefficient (Wildman–Crippen LogP) is 3.69. The first kappa shape index (κ1) is 17.9. The fourth-order valence-corrected chi connectivity index (χ4v) is 3.02. The van der Waals surface area contributed by atoms with Gasteiger partial charge < -0.3 is 9.26 Å². The summed E-state index contributed by atoms with van der Waals surface area (Å²) in [6.07, 6.45) is 3.30. The van der Waals surface area contributed by atoms with Crippen LogP contribution in [0.2, 0.25) is 0 Å². The van der Waals surface area contributed by atoms with Gasteiger partial charge in [-0.2, -0.15) is 10.1 Å². The molecule has 0 saturated carbocycles. The van der Waals surface area contributed by atoms with Gasteiger partial charge in [-0.15, -0.1) is 0 Å². The maximum Gasteiger partial charge on any atom is 0.257 e. The molecule has 0 unspecified atom stereocenters. The van der Waals surface area contributed by atoms with Crippen LogP contribution in [0.5, 0.6) is 5.75 Å². The molecule has 3 heterocycles. The van der Waals surface area contributed by atoms with Gasteiger partial charge in [-0.05, 0) is 36.4 Å². The second-order valence-electron chi connectivity index (χ2n) is 6.51. The number of fused-ring (bicyclic) bond motifs is 1. The Morgan fingerprint density at radius 3 is 2.60 bits per heavy atom. The van der Waals surface area contributed by atoms with Crippen LogP contribution in [-0.4, -0.2) is 37.0 Å². The maximum absolute atomic E-state index is 14.0. The number of imidazole rings is 1. The van der Waals surface area contributed by atoms with Crippen molar-refractivity contribution in [3.8, 4) is 40.0 Å². The molecule has 3 aromatic rings. The molecule has 2 aliphatic heterocycles. The van der Waals surface area contributed by atoms with E-state index in [1.54, 1.807) is 42.4 Å². The molecule has 1 aromatic heterocycles. The van der Waals surface area contributed by atoms with Crippen molar-refractivity contribution in [2.24, 2.45) is 0 Å². The zero-order valence-electron chi connectivity index (χ0n) is 15.9. The molecule has 0 saturated heterocycles. The van der Waals surface area contributed by atoms with Crippen molar-refractivity contribution in [1.29, 1.82) is 0 Å². The summed E-state index contributed by atoms with van der Waals surface area (Å²) >= 11 is 0. The molecule has 0 radical (unpaired) electrons. The first-order valence-electron chi connectivity index (χ1n) is 9.12. The molecule has 0 fully saturated rings. The third-order valence-corrected chi connectivity index (χ3v) is 4.54. The minimum atomic E-state index is -0.369. The van der Waals surface area contributed by atoms with Crippen LogP contribution in [0, 0.1) is 5.82 Å². The van der Waals surface area contributed by atoms with Gasteiger partial charge in [-0.25, -0.2) is 14.4 Å². The molecule has 30 heavy (non-hydrogen) atoms. The Hall–Kier alpha value is -4.14. The van der Waals surface area contributed by atoms with Gasteiger partial charge in [0.15, 0.2) is 11.6 Å². The van der Waals surface area contributed by atoms with Gasteiger partial charge in [0.1, 0.15) is 29.5 Å². The van der Waals surface area contributed by atoms with E-state index in [1.165, 1.54) is 6.07 Å². The first-order chi connectivity index (χ1) is 14.7. The third kappa shape index (κ3) is 3.37. The summed E-state index contributed by atoms with van der Waals surface area (Å²) in [5.41, 5.74) is 2.32. The van der Waals surface area contributed by atoms with Crippen molar-refractivity contribution in [1.82, 2.24) is 29.9 Å². The lowest BCUT2D eigenvalue weighted by atomic mass is 10.2. The normalized spacial score (nSPS) is 11.1. The summed E-state index contributed by atoms with van der Waals surface area (Å²) in [4.78, 5) is 13.2. The molecular weight excluding hydrogens is 387 g/mol. The van der Waals surface area contributed by atoms with Crippen LogP contribution in [-0.2, 0) is 6.54 Å². The summed E-state index contributed by atoms with van der Waals surface area (Å²) < 4.78 is 26.1. The van der Waals surface area contributed by atoms with Crippen LogP contribution < -0.4 is 4.74 Å². The fourth-order valence-electron chi connectivity index (χ4n) is 3.02. The summed E-state index contributed by atoms with van der Waals surface area (Å²) in [6.45, 7) is 0.289. The highest BCUT2D eigenvalue weighted by Gasteiger charge is 2.16. The van der Waals surface area contributed by atoms with Crippen LogP contribution in [0.25, 0.3) is 34.2 Å². The highest BCUT2D eigenvalue weighted by atomic mass is 19.1. The topological polar surface area (TPSA) is 91.8 Å². The van der Waals surface area contributed by atoms with Gasteiger partial charge in [-0.1, -0.05) is 17.3 Å². The number of methoxy groups -OCH3 is 1. The van der Waals surface area contributed by atoms with E-state index in [9.17, 15) is 4.39 Å². The van der Waals surface area contributed by atoms with E-state index in [0.717, 1.165) is 11.3 Å². The van der Waals surface area contributed by atoms with Crippen molar-refractivity contribution in [2.75, 3.05) is 7.11 Å². The quantitative estimate of drug-likeness (QED) is 0.443. The summed E-state index contributed by atoms with van der Waals surface area (Å²) in [5.74, 6) is 1.57. The monoisotopic (exact) mass is 402 g/mol. The number of rotatable bonds is 5. The average molecular weight is 402 g/mol. The number of ether oxygens (including phenoxy) is 1. The molecule has 0 bridgehead atoms. The molecule has 0 spiro atoms. The summed E-state index contributed by atoms with van der Waals surface area (Å²) in [5, 5.41) is 8.33. The fraction of sp³-hybridized carbons (Fsp3) is 0.0952. The first-order valence-corrected chi connectivity index (χ1v) is 9.12. The Labute approximate surface area is 170 Å². The van der Waals surface area contributed by atoms with E-state index in [1.807, 2.05) is 24.3 Å². The third-order valence-electron chi connectivity index (χ3n) is 4.54. The van der Waals surface area contributed by atoms with Crippen molar-refractivity contribution in [2.45, 2.75) is 6.54 Å². The number of hydrogen-bond acceptors (Lipinski definition) is 7. The summed E-state index contributed by atoms with van der Waals surface area (Å²) in [6, 6.07) is 13.7. The standard InChI is InChI=1S/C21H15FN6O2/c1-29-14-8-6-13(7-9-14)21-26-19(27-30-21)12-28-11-18-17(10-23-28)24-20(25-18)15-4-2-3-5-16(15)22/h2-11H,12H2,1H3. The van der Waals surface area contributed by atoms with Gasteiger partial charge in [0.25, 0.3) is 5.89 Å². The summed E-state index contributed by atoms with van der Waals surface area (Å²) in [7, 11) is 1.61. The highest BCUT2D eigenvalue weighted by molar-refractivity contribution is 5.65. The van der Waals surface area contributed by atoms with Crippen molar-refractivity contribution in [3.63, 3.8) is 0 Å². The molecule has 5 rings (SSSR count). The molecule has 0 amide bonds. The predicted molar refractivity (Wildman–Crippen MR) is 105 cm³/mol. The van der Waals surface area contributed by atoms with E-state index in [4.69, 9.17) is 9.26 Å². The van der Waals surface area contributed by atoms with Gasteiger partial charge in [0.05, 0.1) is 25.1 Å². The number of hydrogen-bond donors (Lipinski definition) is 0. The lowest BCUT2D eigenvalue weighted by molar-refractivity contribution is 0.413. The Bertz CT molecular complexity index is 1280.